The Morgan fingerprint density at radius 3 is 3.00 bits per heavy atom. The molecule has 3 aromatic rings. The van der Waals surface area contributed by atoms with Crippen molar-refractivity contribution in [3.05, 3.63) is 58.7 Å². The van der Waals surface area contributed by atoms with Crippen LogP contribution in [-0.4, -0.2) is 15.2 Å². The molecule has 0 bridgehead atoms. The highest BCUT2D eigenvalue weighted by Crippen LogP contribution is 2.44. The zero-order chi connectivity index (χ0) is 16.7. The monoisotopic (exact) mass is 319 g/mol. The summed E-state index contributed by atoms with van der Waals surface area (Å²) in [6.07, 6.45) is 3.75. The molecule has 2 aromatic heterocycles. The minimum absolute atomic E-state index is 0.120. The molecule has 6 nitrogen and oxygen atoms in total. The molecule has 0 spiro atoms. The molecule has 4 N–H and O–H groups in total. The summed E-state index contributed by atoms with van der Waals surface area (Å²) in [6.45, 7) is 2.10. The number of hydrogen-bond donors (Lipinski definition) is 3. The lowest BCUT2D eigenvalue weighted by molar-refractivity contribution is 0.379. The fourth-order valence-electron chi connectivity index (χ4n) is 3.39. The zero-order valence-corrected chi connectivity index (χ0v) is 13.3. The summed E-state index contributed by atoms with van der Waals surface area (Å²) in [7, 11) is 0. The van der Waals surface area contributed by atoms with E-state index in [1.165, 1.54) is 0 Å². The average Bonchev–Trinajstić information content (AvgIpc) is 3.18. The number of fused-ring (bicyclic) bond motifs is 2. The number of aromatic amines is 2. The molecule has 0 fully saturated rings. The van der Waals surface area contributed by atoms with Gasteiger partial charge >= 0.3 is 0 Å². The number of aromatic nitrogens is 3. The van der Waals surface area contributed by atoms with Crippen LogP contribution in [-0.2, 0) is 6.42 Å². The van der Waals surface area contributed by atoms with Crippen LogP contribution in [0, 0.1) is 11.3 Å². The van der Waals surface area contributed by atoms with Gasteiger partial charge in [0.25, 0.3) is 0 Å². The molecule has 0 amide bonds. The topological polar surface area (TPSA) is 104 Å². The summed E-state index contributed by atoms with van der Waals surface area (Å²) in [5.41, 5.74) is 10.4. The number of hydrogen-bond acceptors (Lipinski definition) is 4. The Balaban J connectivity index is 1.98. The van der Waals surface area contributed by atoms with E-state index in [2.05, 4.69) is 28.2 Å². The van der Waals surface area contributed by atoms with Gasteiger partial charge in [0.1, 0.15) is 11.6 Å². The predicted octanol–water partition coefficient (Wildman–Crippen LogP) is 3.06. The zero-order valence-electron chi connectivity index (χ0n) is 13.3. The number of nitriles is 1. The van der Waals surface area contributed by atoms with Crippen LogP contribution in [0.4, 0.5) is 0 Å². The van der Waals surface area contributed by atoms with E-state index in [0.717, 1.165) is 40.6 Å². The molecule has 1 atom stereocenters. The quantitative estimate of drug-likeness (QED) is 0.690. The van der Waals surface area contributed by atoms with Crippen molar-refractivity contribution in [2.45, 2.75) is 25.7 Å². The highest BCUT2D eigenvalue weighted by molar-refractivity contribution is 5.85. The molecule has 0 saturated heterocycles. The molecule has 1 aromatic carbocycles. The fraction of sp³-hybridized carbons (Fsp3) is 0.222. The van der Waals surface area contributed by atoms with Gasteiger partial charge in [0.2, 0.25) is 11.8 Å². The van der Waals surface area contributed by atoms with Gasteiger partial charge in [0, 0.05) is 22.8 Å². The Labute approximate surface area is 138 Å². The van der Waals surface area contributed by atoms with Gasteiger partial charge in [-0.2, -0.15) is 5.26 Å². The second-order valence-corrected chi connectivity index (χ2v) is 5.89. The number of rotatable bonds is 3. The van der Waals surface area contributed by atoms with Crippen LogP contribution in [0.1, 0.15) is 36.1 Å². The van der Waals surface area contributed by atoms with Crippen LogP contribution in [0.5, 0.6) is 5.88 Å². The molecule has 1 aliphatic heterocycles. The first-order valence-electron chi connectivity index (χ1n) is 7.95. The van der Waals surface area contributed by atoms with E-state index in [9.17, 15) is 5.26 Å². The number of H-pyrrole nitrogens is 2. The van der Waals surface area contributed by atoms with E-state index >= 15 is 0 Å². The Morgan fingerprint density at radius 1 is 1.38 bits per heavy atom. The van der Waals surface area contributed by atoms with Crippen molar-refractivity contribution >= 4 is 10.9 Å². The summed E-state index contributed by atoms with van der Waals surface area (Å²) in [5.74, 6) is 0.301. The molecular weight excluding hydrogens is 302 g/mol. The molecule has 3 heterocycles. The van der Waals surface area contributed by atoms with Crippen molar-refractivity contribution in [3.63, 3.8) is 0 Å². The van der Waals surface area contributed by atoms with E-state index in [0.29, 0.717) is 11.5 Å². The van der Waals surface area contributed by atoms with Crippen LogP contribution in [0.25, 0.3) is 10.9 Å². The van der Waals surface area contributed by atoms with Gasteiger partial charge in [0.05, 0.1) is 11.5 Å². The summed E-state index contributed by atoms with van der Waals surface area (Å²) in [5, 5.41) is 18.0. The number of aryl methyl sites for hydroxylation is 1. The molecule has 24 heavy (non-hydrogen) atoms. The Kier molecular flexibility index (Phi) is 3.28. The maximum Gasteiger partial charge on any atom is 0.244 e. The number of nitrogens with one attached hydrogen (secondary N) is 2. The normalized spacial score (nSPS) is 16.8. The number of nitrogens with two attached hydrogens (primary N) is 1. The third-order valence-electron chi connectivity index (χ3n) is 4.45. The minimum Gasteiger partial charge on any atom is -0.420 e. The highest BCUT2D eigenvalue weighted by atomic mass is 16.5. The van der Waals surface area contributed by atoms with E-state index in [1.807, 2.05) is 30.5 Å². The van der Waals surface area contributed by atoms with Crippen LogP contribution in [0.3, 0.4) is 0 Å². The van der Waals surface area contributed by atoms with E-state index in [-0.39, 0.29) is 11.8 Å². The van der Waals surface area contributed by atoms with Crippen LogP contribution in [0.15, 0.2) is 41.9 Å². The number of para-hydroxylation sites is 1. The van der Waals surface area contributed by atoms with Gasteiger partial charge < -0.3 is 15.5 Å². The third kappa shape index (κ3) is 1.98. The number of benzene rings is 1. The van der Waals surface area contributed by atoms with Crippen molar-refractivity contribution in [2.75, 3.05) is 0 Å². The fourth-order valence-corrected chi connectivity index (χ4v) is 3.39. The smallest absolute Gasteiger partial charge is 0.244 e. The molecular formula is C18H17N5O. The van der Waals surface area contributed by atoms with Gasteiger partial charge in [-0.1, -0.05) is 31.5 Å². The first-order valence-corrected chi connectivity index (χ1v) is 7.95. The van der Waals surface area contributed by atoms with Crippen LogP contribution in [0.2, 0.25) is 0 Å². The summed E-state index contributed by atoms with van der Waals surface area (Å²) < 4.78 is 5.58. The lowest BCUT2D eigenvalue weighted by atomic mass is 9.83. The van der Waals surface area contributed by atoms with Crippen LogP contribution < -0.4 is 10.5 Å². The van der Waals surface area contributed by atoms with Gasteiger partial charge in [-0.25, -0.2) is 0 Å². The Bertz CT molecular complexity index is 988. The first-order chi connectivity index (χ1) is 11.7. The second kappa shape index (κ2) is 5.46. The molecule has 4 rings (SSSR count). The average molecular weight is 319 g/mol. The Morgan fingerprint density at radius 2 is 2.21 bits per heavy atom. The lowest BCUT2D eigenvalue weighted by Crippen LogP contribution is -2.21. The second-order valence-electron chi connectivity index (χ2n) is 5.89. The predicted molar refractivity (Wildman–Crippen MR) is 90.2 cm³/mol. The maximum absolute atomic E-state index is 9.68. The largest absolute Gasteiger partial charge is 0.420 e. The van der Waals surface area contributed by atoms with Gasteiger partial charge in [0.15, 0.2) is 0 Å². The van der Waals surface area contributed by atoms with Crippen LogP contribution >= 0.6 is 0 Å². The van der Waals surface area contributed by atoms with Crippen molar-refractivity contribution in [2.24, 2.45) is 5.73 Å². The van der Waals surface area contributed by atoms with Gasteiger partial charge in [-0.15, -0.1) is 5.10 Å². The molecule has 0 aliphatic carbocycles. The number of allylic oxidation sites excluding steroid dienone is 1. The molecule has 1 unspecified atom stereocenters. The number of ether oxygens (including phenoxy) is 1. The first kappa shape index (κ1) is 14.4. The lowest BCUT2D eigenvalue weighted by Gasteiger charge is -2.23. The maximum atomic E-state index is 9.68. The molecule has 0 radical (unpaired) electrons. The van der Waals surface area contributed by atoms with Crippen molar-refractivity contribution in [1.29, 1.82) is 5.26 Å². The SMILES string of the molecule is CCCc1[nH]nc2c1C(c1c[nH]c3ccccc13)C(C#N)=C(N)O2. The summed E-state index contributed by atoms with van der Waals surface area (Å²) in [6, 6.07) is 10.3. The highest BCUT2D eigenvalue weighted by Gasteiger charge is 2.36. The third-order valence-corrected chi connectivity index (χ3v) is 4.45. The Hall–Kier alpha value is -3.20. The van der Waals surface area contributed by atoms with Gasteiger partial charge in [-0.3, -0.25) is 5.10 Å². The standard InChI is InChI=1S/C18H17N5O/c1-2-5-14-16-15(11(8-19)17(20)24-18(16)23-22-14)12-9-21-13-7-4-3-6-10(12)13/h3-4,6-7,9,15,21H,2,5,20H2,1H3,(H,22,23). The molecule has 6 heteroatoms. The van der Waals surface area contributed by atoms with E-state index < -0.39 is 0 Å². The van der Waals surface area contributed by atoms with E-state index in [4.69, 9.17) is 10.5 Å². The van der Waals surface area contributed by atoms with Crippen molar-refractivity contribution in [3.8, 4) is 11.9 Å². The van der Waals surface area contributed by atoms with Crippen molar-refractivity contribution in [1.82, 2.24) is 15.2 Å². The molecule has 1 aliphatic rings. The molecule has 0 saturated carbocycles. The summed E-state index contributed by atoms with van der Waals surface area (Å²) in [4.78, 5) is 3.28. The molecule has 120 valence electrons. The minimum atomic E-state index is -0.282. The van der Waals surface area contributed by atoms with Crippen molar-refractivity contribution < 1.29 is 4.74 Å². The number of nitrogens with zero attached hydrogens (tertiary/aromatic N) is 2. The summed E-state index contributed by atoms with van der Waals surface area (Å²) >= 11 is 0. The van der Waals surface area contributed by atoms with E-state index in [1.54, 1.807) is 0 Å². The van der Waals surface area contributed by atoms with Gasteiger partial charge in [-0.05, 0) is 18.1 Å².